The Morgan fingerprint density at radius 1 is 1.23 bits per heavy atom. The molecule has 0 radical (unpaired) electrons. The minimum absolute atomic E-state index is 0.450. The second kappa shape index (κ2) is 4.61. The van der Waals surface area contributed by atoms with Crippen LogP contribution in [0.5, 0.6) is 0 Å². The van der Waals surface area contributed by atoms with Crippen molar-refractivity contribution in [3.63, 3.8) is 0 Å². The molecule has 3 aromatic rings. The Morgan fingerprint density at radius 3 is 2.77 bits per heavy atom. The van der Waals surface area contributed by atoms with E-state index in [9.17, 15) is 0 Å². The van der Waals surface area contributed by atoms with Gasteiger partial charge in [-0.3, -0.25) is 5.10 Å². The predicted octanol–water partition coefficient (Wildman–Crippen LogP) is 2.35. The number of pyridine rings is 1. The van der Waals surface area contributed by atoms with E-state index in [0.29, 0.717) is 17.4 Å². The first-order valence-corrected chi connectivity index (χ1v) is 7.53. The number of H-pyrrole nitrogens is 1. The van der Waals surface area contributed by atoms with Crippen LogP contribution in [0.4, 0.5) is 0 Å². The molecule has 7 nitrogen and oxygen atoms in total. The highest BCUT2D eigenvalue weighted by molar-refractivity contribution is 5.92. The Labute approximate surface area is 127 Å². The topological polar surface area (TPSA) is 107 Å². The number of aromatic amines is 1. The summed E-state index contributed by atoms with van der Waals surface area (Å²) in [7, 11) is 0. The van der Waals surface area contributed by atoms with E-state index >= 15 is 0 Å². The van der Waals surface area contributed by atoms with E-state index in [1.807, 2.05) is 19.9 Å². The van der Waals surface area contributed by atoms with Crippen LogP contribution in [-0.2, 0) is 5.54 Å². The smallest absolute Gasteiger partial charge is 0.258 e. The maximum atomic E-state index is 6.41. The molecule has 0 bridgehead atoms. The van der Waals surface area contributed by atoms with Crippen molar-refractivity contribution in [2.45, 2.75) is 45.1 Å². The lowest BCUT2D eigenvalue weighted by Crippen LogP contribution is -2.34. The lowest BCUT2D eigenvalue weighted by molar-refractivity contribution is 0.373. The zero-order valence-corrected chi connectivity index (χ0v) is 12.7. The molecule has 0 unspecified atom stereocenters. The molecule has 114 valence electrons. The Balaban J connectivity index is 1.86. The van der Waals surface area contributed by atoms with Crippen LogP contribution in [0.2, 0.25) is 0 Å². The zero-order valence-electron chi connectivity index (χ0n) is 12.7. The molecule has 0 atom stereocenters. The monoisotopic (exact) mass is 298 g/mol. The first-order valence-electron chi connectivity index (χ1n) is 7.53. The third kappa shape index (κ3) is 1.93. The quantitative estimate of drug-likeness (QED) is 0.752. The van der Waals surface area contributed by atoms with Crippen LogP contribution >= 0.6 is 0 Å². The molecule has 22 heavy (non-hydrogen) atoms. The van der Waals surface area contributed by atoms with Crippen LogP contribution in [0.1, 0.15) is 42.9 Å². The Hall–Kier alpha value is -2.28. The molecule has 3 aromatic heterocycles. The van der Waals surface area contributed by atoms with E-state index in [0.717, 1.165) is 48.0 Å². The van der Waals surface area contributed by atoms with Gasteiger partial charge in [-0.1, -0.05) is 18.0 Å². The van der Waals surface area contributed by atoms with E-state index in [1.165, 1.54) is 0 Å². The lowest BCUT2D eigenvalue weighted by Gasteiger charge is -2.17. The number of rotatable bonds is 2. The van der Waals surface area contributed by atoms with Gasteiger partial charge >= 0.3 is 0 Å². The first-order chi connectivity index (χ1) is 10.6. The summed E-state index contributed by atoms with van der Waals surface area (Å²) < 4.78 is 5.51. The Kier molecular flexibility index (Phi) is 2.80. The van der Waals surface area contributed by atoms with Crippen LogP contribution in [0.3, 0.4) is 0 Å². The van der Waals surface area contributed by atoms with Gasteiger partial charge in [-0.2, -0.15) is 10.1 Å². The van der Waals surface area contributed by atoms with Crippen molar-refractivity contribution in [3.05, 3.63) is 23.3 Å². The summed E-state index contributed by atoms with van der Waals surface area (Å²) in [5.41, 5.74) is 9.27. The number of nitrogens with one attached hydrogen (secondary N) is 1. The molecule has 1 aliphatic carbocycles. The van der Waals surface area contributed by atoms with Crippen molar-refractivity contribution in [1.29, 1.82) is 0 Å². The number of fused-ring (bicyclic) bond motifs is 1. The van der Waals surface area contributed by atoms with Gasteiger partial charge in [-0.15, -0.1) is 0 Å². The molecule has 0 amide bonds. The molecule has 3 N–H and O–H groups in total. The Morgan fingerprint density at radius 2 is 2.00 bits per heavy atom. The van der Waals surface area contributed by atoms with Crippen molar-refractivity contribution >= 4 is 11.0 Å². The molecule has 0 saturated heterocycles. The average Bonchev–Trinajstić information content (AvgIpc) is 3.19. The minimum Gasteiger partial charge on any atom is -0.334 e. The van der Waals surface area contributed by atoms with Crippen molar-refractivity contribution < 1.29 is 4.52 Å². The summed E-state index contributed by atoms with van der Waals surface area (Å²) in [4.78, 5) is 9.00. The number of nitrogens with two attached hydrogens (primary N) is 1. The molecule has 1 aliphatic rings. The van der Waals surface area contributed by atoms with Gasteiger partial charge in [0, 0.05) is 11.4 Å². The van der Waals surface area contributed by atoms with Crippen LogP contribution in [0, 0.1) is 13.8 Å². The lowest BCUT2D eigenvalue weighted by atomic mass is 9.98. The summed E-state index contributed by atoms with van der Waals surface area (Å²) >= 11 is 0. The molecule has 0 aromatic carbocycles. The molecule has 0 aliphatic heterocycles. The van der Waals surface area contributed by atoms with Crippen molar-refractivity contribution in [1.82, 2.24) is 25.3 Å². The fraction of sp³-hybridized carbons (Fsp3) is 0.467. The highest BCUT2D eigenvalue weighted by Crippen LogP contribution is 2.36. The summed E-state index contributed by atoms with van der Waals surface area (Å²) in [6.45, 7) is 3.88. The van der Waals surface area contributed by atoms with Gasteiger partial charge < -0.3 is 10.3 Å². The predicted molar refractivity (Wildman–Crippen MR) is 81.0 cm³/mol. The molecule has 1 fully saturated rings. The summed E-state index contributed by atoms with van der Waals surface area (Å²) in [6, 6.07) is 1.94. The second-order valence-corrected chi connectivity index (χ2v) is 6.14. The van der Waals surface area contributed by atoms with E-state index in [-0.39, 0.29) is 0 Å². The standard InChI is InChI=1S/C15H18N6O/c1-8-7-10(11-9(2)19-20-12(11)17-8)13-18-14(21-22-13)15(16)5-3-4-6-15/h7H,3-6,16H2,1-2H3,(H,17,19,20). The van der Waals surface area contributed by atoms with Gasteiger partial charge in [0.1, 0.15) is 0 Å². The first kappa shape index (κ1) is 13.4. The van der Waals surface area contributed by atoms with Gasteiger partial charge in [0.15, 0.2) is 11.5 Å². The number of hydrogen-bond donors (Lipinski definition) is 2. The second-order valence-electron chi connectivity index (χ2n) is 6.14. The van der Waals surface area contributed by atoms with Gasteiger partial charge in [0.2, 0.25) is 0 Å². The summed E-state index contributed by atoms with van der Waals surface area (Å²) in [6.07, 6.45) is 4.03. The molecule has 3 heterocycles. The van der Waals surface area contributed by atoms with Crippen LogP contribution in [0.15, 0.2) is 10.6 Å². The molecular weight excluding hydrogens is 280 g/mol. The summed E-state index contributed by atoms with van der Waals surface area (Å²) in [5, 5.41) is 12.2. The number of aryl methyl sites for hydroxylation is 2. The van der Waals surface area contributed by atoms with Crippen molar-refractivity contribution in [2.24, 2.45) is 5.73 Å². The molecule has 1 saturated carbocycles. The van der Waals surface area contributed by atoms with Crippen molar-refractivity contribution in [3.8, 4) is 11.5 Å². The Bertz CT molecular complexity index is 843. The third-order valence-electron chi connectivity index (χ3n) is 4.43. The molecular formula is C15H18N6O. The van der Waals surface area contributed by atoms with Crippen LogP contribution in [-0.4, -0.2) is 25.3 Å². The SMILES string of the molecule is Cc1cc(-c2nc(C3(N)CCCC3)no2)c2c(C)[nH]nc2n1. The highest BCUT2D eigenvalue weighted by atomic mass is 16.5. The van der Waals surface area contributed by atoms with Gasteiger partial charge in [0.05, 0.1) is 16.5 Å². The van der Waals surface area contributed by atoms with Gasteiger partial charge in [-0.05, 0) is 32.8 Å². The molecule has 0 spiro atoms. The van der Waals surface area contributed by atoms with E-state index in [2.05, 4.69) is 25.3 Å². The van der Waals surface area contributed by atoms with Crippen molar-refractivity contribution in [2.75, 3.05) is 0 Å². The van der Waals surface area contributed by atoms with Gasteiger partial charge in [0.25, 0.3) is 5.89 Å². The van der Waals surface area contributed by atoms with Crippen LogP contribution < -0.4 is 5.73 Å². The largest absolute Gasteiger partial charge is 0.334 e. The summed E-state index contributed by atoms with van der Waals surface area (Å²) in [5.74, 6) is 1.08. The van der Waals surface area contributed by atoms with Gasteiger partial charge in [-0.25, -0.2) is 4.98 Å². The zero-order chi connectivity index (χ0) is 15.3. The average molecular weight is 298 g/mol. The normalized spacial score (nSPS) is 17.4. The van der Waals surface area contributed by atoms with E-state index < -0.39 is 5.54 Å². The molecule has 7 heteroatoms. The van der Waals surface area contributed by atoms with Crippen LogP contribution in [0.25, 0.3) is 22.5 Å². The fourth-order valence-corrected chi connectivity index (χ4v) is 3.23. The molecule has 4 rings (SSSR count). The fourth-order valence-electron chi connectivity index (χ4n) is 3.23. The maximum absolute atomic E-state index is 6.41. The number of nitrogens with zero attached hydrogens (tertiary/aromatic N) is 4. The van der Waals surface area contributed by atoms with E-state index in [1.54, 1.807) is 0 Å². The number of aromatic nitrogens is 5. The minimum atomic E-state index is -0.450. The third-order valence-corrected chi connectivity index (χ3v) is 4.43. The maximum Gasteiger partial charge on any atom is 0.258 e. The number of hydrogen-bond acceptors (Lipinski definition) is 6. The van der Waals surface area contributed by atoms with E-state index in [4.69, 9.17) is 10.3 Å². The highest BCUT2D eigenvalue weighted by Gasteiger charge is 2.36.